The summed E-state index contributed by atoms with van der Waals surface area (Å²) in [5.74, 6) is -0.695. The maximum atomic E-state index is 10.7. The van der Waals surface area contributed by atoms with E-state index in [0.717, 1.165) is 38.8 Å². The number of rotatable bonds is 6. The van der Waals surface area contributed by atoms with Gasteiger partial charge in [0.15, 0.2) is 0 Å². The predicted molar refractivity (Wildman–Crippen MR) is 64.3 cm³/mol. The number of carboxylic acids is 1. The zero-order valence-corrected chi connectivity index (χ0v) is 10.4. The normalized spacial score (nSPS) is 28.2. The van der Waals surface area contributed by atoms with E-state index in [2.05, 4.69) is 18.9 Å². The molecule has 0 aromatic rings. The Labute approximate surface area is 97.8 Å². The fourth-order valence-electron chi connectivity index (χ4n) is 2.70. The average molecular weight is 228 g/mol. The van der Waals surface area contributed by atoms with Gasteiger partial charge in [-0.2, -0.15) is 0 Å². The Balaban J connectivity index is 2.58. The van der Waals surface area contributed by atoms with Gasteiger partial charge >= 0.3 is 5.97 Å². The lowest BCUT2D eigenvalue weighted by atomic mass is 9.76. The highest BCUT2D eigenvalue weighted by Crippen LogP contribution is 2.39. The van der Waals surface area contributed by atoms with Gasteiger partial charge in [-0.25, -0.2) is 0 Å². The van der Waals surface area contributed by atoms with Crippen LogP contribution in [0.2, 0.25) is 0 Å². The van der Waals surface area contributed by atoms with Crippen LogP contribution in [0.4, 0.5) is 0 Å². The van der Waals surface area contributed by atoms with E-state index >= 15 is 0 Å². The first-order valence-electron chi connectivity index (χ1n) is 6.13. The molecule has 0 amide bonds. The molecule has 0 saturated carbocycles. The van der Waals surface area contributed by atoms with Gasteiger partial charge in [0, 0.05) is 19.0 Å². The molecular weight excluding hydrogens is 204 g/mol. The summed E-state index contributed by atoms with van der Waals surface area (Å²) in [5.41, 5.74) is 6.17. The lowest BCUT2D eigenvalue weighted by Crippen LogP contribution is -2.34. The van der Waals surface area contributed by atoms with Crippen LogP contribution in [0.15, 0.2) is 0 Å². The lowest BCUT2D eigenvalue weighted by Gasteiger charge is -2.31. The van der Waals surface area contributed by atoms with E-state index in [9.17, 15) is 4.79 Å². The minimum absolute atomic E-state index is 0.141. The molecule has 4 heteroatoms. The molecule has 1 heterocycles. The van der Waals surface area contributed by atoms with E-state index < -0.39 is 5.97 Å². The second-order valence-electron chi connectivity index (χ2n) is 5.25. The van der Waals surface area contributed by atoms with Gasteiger partial charge in [0.25, 0.3) is 0 Å². The molecule has 0 aromatic heterocycles. The standard InChI is InChI=1S/C12H24N2O2/c1-3-10(13)8-12(5-4-11(15)16)6-7-14(2)9-12/h10H,3-9,13H2,1-2H3,(H,15,16). The summed E-state index contributed by atoms with van der Waals surface area (Å²) < 4.78 is 0. The minimum Gasteiger partial charge on any atom is -0.481 e. The van der Waals surface area contributed by atoms with Gasteiger partial charge in [0.1, 0.15) is 0 Å². The van der Waals surface area contributed by atoms with Crippen LogP contribution >= 0.6 is 0 Å². The van der Waals surface area contributed by atoms with Crippen LogP contribution in [0.25, 0.3) is 0 Å². The Morgan fingerprint density at radius 1 is 1.62 bits per heavy atom. The highest BCUT2D eigenvalue weighted by atomic mass is 16.4. The number of hydrogen-bond acceptors (Lipinski definition) is 3. The number of aliphatic carboxylic acids is 1. The smallest absolute Gasteiger partial charge is 0.303 e. The van der Waals surface area contributed by atoms with Crippen molar-refractivity contribution in [2.24, 2.45) is 11.1 Å². The second-order valence-corrected chi connectivity index (χ2v) is 5.25. The molecule has 16 heavy (non-hydrogen) atoms. The maximum Gasteiger partial charge on any atom is 0.303 e. The quantitative estimate of drug-likeness (QED) is 0.719. The lowest BCUT2D eigenvalue weighted by molar-refractivity contribution is -0.137. The van der Waals surface area contributed by atoms with Crippen molar-refractivity contribution in [2.45, 2.75) is 45.1 Å². The minimum atomic E-state index is -0.695. The van der Waals surface area contributed by atoms with Crippen LogP contribution in [0, 0.1) is 5.41 Å². The molecule has 2 unspecified atom stereocenters. The molecule has 1 fully saturated rings. The summed E-state index contributed by atoms with van der Waals surface area (Å²) in [6, 6.07) is 0.209. The first kappa shape index (κ1) is 13.5. The van der Waals surface area contributed by atoms with Crippen LogP contribution < -0.4 is 5.73 Å². The van der Waals surface area contributed by atoms with Crippen molar-refractivity contribution in [3.63, 3.8) is 0 Å². The van der Waals surface area contributed by atoms with Gasteiger partial charge < -0.3 is 15.7 Å². The molecule has 1 aliphatic rings. The average Bonchev–Trinajstić information content (AvgIpc) is 2.58. The van der Waals surface area contributed by atoms with Gasteiger partial charge in [-0.1, -0.05) is 6.92 Å². The van der Waals surface area contributed by atoms with E-state index in [0.29, 0.717) is 0 Å². The summed E-state index contributed by atoms with van der Waals surface area (Å²) in [4.78, 5) is 13.0. The van der Waals surface area contributed by atoms with E-state index in [-0.39, 0.29) is 17.9 Å². The molecule has 0 radical (unpaired) electrons. The summed E-state index contributed by atoms with van der Waals surface area (Å²) >= 11 is 0. The second kappa shape index (κ2) is 5.64. The van der Waals surface area contributed by atoms with Crippen molar-refractivity contribution in [1.29, 1.82) is 0 Å². The van der Waals surface area contributed by atoms with Crippen molar-refractivity contribution in [3.05, 3.63) is 0 Å². The third-order valence-corrected chi connectivity index (χ3v) is 3.72. The first-order valence-corrected chi connectivity index (χ1v) is 6.13. The first-order chi connectivity index (χ1) is 7.47. The van der Waals surface area contributed by atoms with Gasteiger partial charge in [-0.05, 0) is 44.7 Å². The molecule has 2 atom stereocenters. The van der Waals surface area contributed by atoms with Crippen LogP contribution in [0.1, 0.15) is 39.0 Å². The van der Waals surface area contributed by atoms with Crippen molar-refractivity contribution < 1.29 is 9.90 Å². The van der Waals surface area contributed by atoms with E-state index in [1.165, 1.54) is 0 Å². The van der Waals surface area contributed by atoms with Crippen LogP contribution in [0.3, 0.4) is 0 Å². The summed E-state index contributed by atoms with van der Waals surface area (Å²) in [6.45, 7) is 4.15. The number of nitrogens with zero attached hydrogens (tertiary/aromatic N) is 1. The van der Waals surface area contributed by atoms with Gasteiger partial charge in [0.05, 0.1) is 0 Å². The van der Waals surface area contributed by atoms with E-state index in [1.54, 1.807) is 0 Å². The zero-order chi connectivity index (χ0) is 12.2. The van der Waals surface area contributed by atoms with E-state index in [1.807, 2.05) is 0 Å². The van der Waals surface area contributed by atoms with E-state index in [4.69, 9.17) is 10.8 Å². The molecule has 1 saturated heterocycles. The topological polar surface area (TPSA) is 66.6 Å². The fraction of sp³-hybridized carbons (Fsp3) is 0.917. The highest BCUT2D eigenvalue weighted by molar-refractivity contribution is 5.66. The van der Waals surface area contributed by atoms with Crippen molar-refractivity contribution in [3.8, 4) is 0 Å². The number of carboxylic acid groups (broad SMARTS) is 1. The molecule has 94 valence electrons. The van der Waals surface area contributed by atoms with Crippen molar-refractivity contribution in [1.82, 2.24) is 4.90 Å². The Bertz CT molecular complexity index is 245. The predicted octanol–water partition coefficient (Wildman–Crippen LogP) is 1.30. The molecule has 1 rings (SSSR count). The number of nitrogens with two attached hydrogens (primary N) is 1. The molecular formula is C12H24N2O2. The molecule has 4 nitrogen and oxygen atoms in total. The highest BCUT2D eigenvalue weighted by Gasteiger charge is 2.37. The van der Waals surface area contributed by atoms with Gasteiger partial charge in [-0.15, -0.1) is 0 Å². The molecule has 3 N–H and O–H groups in total. The molecule has 0 aromatic carbocycles. The third-order valence-electron chi connectivity index (χ3n) is 3.72. The molecule has 1 aliphatic heterocycles. The van der Waals surface area contributed by atoms with Crippen LogP contribution in [0.5, 0.6) is 0 Å². The Kier molecular flexibility index (Phi) is 4.74. The van der Waals surface area contributed by atoms with Gasteiger partial charge in [-0.3, -0.25) is 4.79 Å². The number of likely N-dealkylation sites (tertiary alicyclic amines) is 1. The van der Waals surface area contributed by atoms with Crippen LogP contribution in [-0.2, 0) is 4.79 Å². The zero-order valence-electron chi connectivity index (χ0n) is 10.4. The van der Waals surface area contributed by atoms with Crippen LogP contribution in [-0.4, -0.2) is 42.2 Å². The Hall–Kier alpha value is -0.610. The summed E-state index contributed by atoms with van der Waals surface area (Å²) in [6.07, 6.45) is 4.05. The van der Waals surface area contributed by atoms with Gasteiger partial charge in [0.2, 0.25) is 0 Å². The molecule has 0 bridgehead atoms. The third kappa shape index (κ3) is 3.76. The van der Waals surface area contributed by atoms with Crippen molar-refractivity contribution in [2.75, 3.05) is 20.1 Å². The Morgan fingerprint density at radius 2 is 2.31 bits per heavy atom. The summed E-state index contributed by atoms with van der Waals surface area (Å²) in [7, 11) is 2.10. The SMILES string of the molecule is CCC(N)CC1(CCC(=O)O)CCN(C)C1. The number of carbonyl (C=O) groups is 1. The number of hydrogen-bond donors (Lipinski definition) is 2. The molecule has 0 aliphatic carbocycles. The Morgan fingerprint density at radius 3 is 2.75 bits per heavy atom. The fourth-order valence-corrected chi connectivity index (χ4v) is 2.70. The monoisotopic (exact) mass is 228 g/mol. The van der Waals surface area contributed by atoms with Crippen molar-refractivity contribution >= 4 is 5.97 Å². The summed E-state index contributed by atoms with van der Waals surface area (Å²) in [5, 5.41) is 8.80. The maximum absolute atomic E-state index is 10.7. The molecule has 0 spiro atoms. The largest absolute Gasteiger partial charge is 0.481 e.